The van der Waals surface area contributed by atoms with Gasteiger partial charge in [-0.2, -0.15) is 0 Å². The van der Waals surface area contributed by atoms with E-state index in [-0.39, 0.29) is 0 Å². The van der Waals surface area contributed by atoms with E-state index in [1.54, 1.807) is 0 Å². The van der Waals surface area contributed by atoms with Crippen LogP contribution in [0.25, 0.3) is 0 Å². The van der Waals surface area contributed by atoms with Gasteiger partial charge in [0.25, 0.3) is 0 Å². The van der Waals surface area contributed by atoms with E-state index in [4.69, 9.17) is 0 Å². The predicted molar refractivity (Wildman–Crippen MR) is 60.1 cm³/mol. The second-order valence-corrected chi connectivity index (χ2v) is 4.92. The van der Waals surface area contributed by atoms with E-state index in [1.807, 2.05) is 0 Å². The van der Waals surface area contributed by atoms with Crippen molar-refractivity contribution in [1.82, 2.24) is 0 Å². The minimum absolute atomic E-state index is 0.615. The minimum atomic E-state index is 0.615. The highest BCUT2D eigenvalue weighted by Crippen LogP contribution is 2.31. The van der Waals surface area contributed by atoms with Crippen molar-refractivity contribution in [3.63, 3.8) is 0 Å². The molecule has 0 bridgehead atoms. The Morgan fingerprint density at radius 2 is 2.23 bits per heavy atom. The predicted octanol–water partition coefficient (Wildman–Crippen LogP) is 3.44. The summed E-state index contributed by atoms with van der Waals surface area (Å²) in [5.74, 6) is 0.700. The molecule has 13 heavy (non-hydrogen) atoms. The average Bonchev–Trinajstić information content (AvgIpc) is 2.46. The Morgan fingerprint density at radius 1 is 1.46 bits per heavy atom. The average molecular weight is 240 g/mol. The molecule has 1 aromatic carbocycles. The minimum Gasteiger partial charge on any atom is -0.381 e. The third-order valence-corrected chi connectivity index (χ3v) is 3.15. The number of rotatable bonds is 1. The van der Waals surface area contributed by atoms with Crippen molar-refractivity contribution in [2.45, 2.75) is 26.3 Å². The molecule has 0 saturated heterocycles. The van der Waals surface area contributed by atoms with Crippen LogP contribution in [0.15, 0.2) is 22.7 Å². The Morgan fingerprint density at radius 3 is 2.92 bits per heavy atom. The van der Waals surface area contributed by atoms with Crippen molar-refractivity contribution < 1.29 is 0 Å². The lowest BCUT2D eigenvalue weighted by molar-refractivity contribution is 0.538. The van der Waals surface area contributed by atoms with Gasteiger partial charge in [-0.3, -0.25) is 0 Å². The number of anilines is 1. The lowest BCUT2D eigenvalue weighted by Gasteiger charge is -2.14. The zero-order valence-corrected chi connectivity index (χ0v) is 9.56. The van der Waals surface area contributed by atoms with Crippen LogP contribution in [-0.2, 0) is 6.42 Å². The van der Waals surface area contributed by atoms with Crippen molar-refractivity contribution in [2.24, 2.45) is 5.92 Å². The lowest BCUT2D eigenvalue weighted by atomic mass is 10.0. The molecule has 0 aliphatic carbocycles. The smallest absolute Gasteiger partial charge is 0.0387 e. The molecule has 1 heterocycles. The fourth-order valence-corrected chi connectivity index (χ4v) is 2.11. The van der Waals surface area contributed by atoms with Crippen molar-refractivity contribution in [2.75, 3.05) is 5.32 Å². The number of benzene rings is 1. The van der Waals surface area contributed by atoms with Gasteiger partial charge in [0.15, 0.2) is 0 Å². The summed E-state index contributed by atoms with van der Waals surface area (Å²) in [6.45, 7) is 4.52. The molecule has 1 aromatic rings. The quantitative estimate of drug-likeness (QED) is 0.792. The molecule has 1 aliphatic rings. The van der Waals surface area contributed by atoms with Crippen molar-refractivity contribution >= 4 is 21.6 Å². The van der Waals surface area contributed by atoms with Crippen LogP contribution in [0.1, 0.15) is 19.4 Å². The number of hydrogen-bond acceptors (Lipinski definition) is 1. The summed E-state index contributed by atoms with van der Waals surface area (Å²) in [6.07, 6.45) is 1.17. The largest absolute Gasteiger partial charge is 0.381 e. The SMILES string of the molecule is CC(C)C1Cc2ccc(Br)cc2N1. The summed E-state index contributed by atoms with van der Waals surface area (Å²) in [5.41, 5.74) is 2.75. The van der Waals surface area contributed by atoms with Crippen LogP contribution >= 0.6 is 15.9 Å². The summed E-state index contributed by atoms with van der Waals surface area (Å²) in [4.78, 5) is 0. The van der Waals surface area contributed by atoms with Gasteiger partial charge in [0.2, 0.25) is 0 Å². The second kappa shape index (κ2) is 3.33. The first-order chi connectivity index (χ1) is 6.16. The summed E-state index contributed by atoms with van der Waals surface area (Å²) < 4.78 is 1.16. The van der Waals surface area contributed by atoms with Crippen LogP contribution in [0.5, 0.6) is 0 Å². The normalized spacial score (nSPS) is 20.2. The molecule has 1 nitrogen and oxygen atoms in total. The Kier molecular flexibility index (Phi) is 2.33. The summed E-state index contributed by atoms with van der Waals surface area (Å²) in [6, 6.07) is 7.10. The number of fused-ring (bicyclic) bond motifs is 1. The lowest BCUT2D eigenvalue weighted by Crippen LogP contribution is -2.21. The van der Waals surface area contributed by atoms with Gasteiger partial charge >= 0.3 is 0 Å². The van der Waals surface area contributed by atoms with Crippen molar-refractivity contribution in [1.29, 1.82) is 0 Å². The van der Waals surface area contributed by atoms with Gasteiger partial charge in [0.1, 0.15) is 0 Å². The number of nitrogens with one attached hydrogen (secondary N) is 1. The molecule has 0 fully saturated rings. The number of hydrogen-bond donors (Lipinski definition) is 1. The van der Waals surface area contributed by atoms with Crippen LogP contribution in [0, 0.1) is 5.92 Å². The molecule has 0 radical (unpaired) electrons. The first kappa shape index (κ1) is 9.07. The molecule has 70 valence electrons. The molecule has 0 spiro atoms. The Balaban J connectivity index is 2.25. The van der Waals surface area contributed by atoms with Gasteiger partial charge in [0.05, 0.1) is 0 Å². The Hall–Kier alpha value is -0.500. The highest BCUT2D eigenvalue weighted by molar-refractivity contribution is 9.10. The summed E-state index contributed by atoms with van der Waals surface area (Å²) >= 11 is 3.48. The Bertz CT molecular complexity index is 320. The number of halogens is 1. The molecule has 0 amide bonds. The zero-order valence-electron chi connectivity index (χ0n) is 7.97. The molecule has 0 aromatic heterocycles. The molecule has 1 aliphatic heterocycles. The van der Waals surface area contributed by atoms with Gasteiger partial charge < -0.3 is 5.32 Å². The van der Waals surface area contributed by atoms with E-state index < -0.39 is 0 Å². The second-order valence-electron chi connectivity index (χ2n) is 4.00. The van der Waals surface area contributed by atoms with E-state index in [1.165, 1.54) is 17.7 Å². The van der Waals surface area contributed by atoms with E-state index in [0.29, 0.717) is 12.0 Å². The van der Waals surface area contributed by atoms with Crippen molar-refractivity contribution in [3.05, 3.63) is 28.2 Å². The van der Waals surface area contributed by atoms with Crippen LogP contribution in [0.2, 0.25) is 0 Å². The van der Waals surface area contributed by atoms with E-state index >= 15 is 0 Å². The van der Waals surface area contributed by atoms with Gasteiger partial charge in [-0.1, -0.05) is 35.8 Å². The van der Waals surface area contributed by atoms with E-state index in [0.717, 1.165) is 4.47 Å². The maximum atomic E-state index is 3.54. The van der Waals surface area contributed by atoms with Crippen LogP contribution in [-0.4, -0.2) is 6.04 Å². The molecule has 0 saturated carbocycles. The van der Waals surface area contributed by atoms with Gasteiger partial charge in [0, 0.05) is 16.2 Å². The molecule has 2 rings (SSSR count). The molecular weight excluding hydrogens is 226 g/mol. The molecule has 1 unspecified atom stereocenters. The molecular formula is C11H14BrN. The molecule has 1 N–H and O–H groups in total. The highest BCUT2D eigenvalue weighted by Gasteiger charge is 2.22. The van der Waals surface area contributed by atoms with Gasteiger partial charge in [-0.15, -0.1) is 0 Å². The van der Waals surface area contributed by atoms with Crippen molar-refractivity contribution in [3.8, 4) is 0 Å². The summed E-state index contributed by atoms with van der Waals surface area (Å²) in [7, 11) is 0. The molecule has 1 atom stereocenters. The van der Waals surface area contributed by atoms with Gasteiger partial charge in [-0.05, 0) is 30.0 Å². The first-order valence-electron chi connectivity index (χ1n) is 4.72. The fraction of sp³-hybridized carbons (Fsp3) is 0.455. The third kappa shape index (κ3) is 1.73. The van der Waals surface area contributed by atoms with E-state index in [9.17, 15) is 0 Å². The van der Waals surface area contributed by atoms with Gasteiger partial charge in [-0.25, -0.2) is 0 Å². The first-order valence-corrected chi connectivity index (χ1v) is 5.51. The standard InChI is InChI=1S/C11H14BrN/c1-7(2)10-5-8-3-4-9(12)6-11(8)13-10/h3-4,6-7,10,13H,5H2,1-2H3. The summed E-state index contributed by atoms with van der Waals surface area (Å²) in [5, 5.41) is 3.54. The zero-order chi connectivity index (χ0) is 9.42. The third-order valence-electron chi connectivity index (χ3n) is 2.66. The maximum Gasteiger partial charge on any atom is 0.0387 e. The highest BCUT2D eigenvalue weighted by atomic mass is 79.9. The molecule has 2 heteroatoms. The fourth-order valence-electron chi connectivity index (χ4n) is 1.75. The van der Waals surface area contributed by atoms with E-state index in [2.05, 4.69) is 53.3 Å². The van der Waals surface area contributed by atoms with Crippen LogP contribution < -0.4 is 5.32 Å². The van der Waals surface area contributed by atoms with Crippen LogP contribution in [0.4, 0.5) is 5.69 Å². The monoisotopic (exact) mass is 239 g/mol. The Labute approximate surface area is 87.7 Å². The maximum absolute atomic E-state index is 3.54. The van der Waals surface area contributed by atoms with Crippen LogP contribution in [0.3, 0.4) is 0 Å². The topological polar surface area (TPSA) is 12.0 Å².